The quantitative estimate of drug-likeness (QED) is 0.927. The summed E-state index contributed by atoms with van der Waals surface area (Å²) in [4.78, 5) is 23.5. The number of rotatable bonds is 4. The third-order valence-electron chi connectivity index (χ3n) is 2.96. The van der Waals surface area contributed by atoms with Crippen molar-refractivity contribution in [3.05, 3.63) is 46.5 Å². The van der Waals surface area contributed by atoms with Crippen molar-refractivity contribution < 1.29 is 9.18 Å². The van der Waals surface area contributed by atoms with Gasteiger partial charge in [-0.1, -0.05) is 13.8 Å². The maximum absolute atomic E-state index is 13.2. The largest absolute Gasteiger partial charge is 0.354 e. The molecule has 1 aromatic carbocycles. The van der Waals surface area contributed by atoms with Crippen LogP contribution in [-0.4, -0.2) is 17.0 Å². The first-order valence-electron chi connectivity index (χ1n) is 6.53. The molecule has 0 saturated heterocycles. The fraction of sp³-hybridized carbons (Fsp3) is 0.333. The summed E-state index contributed by atoms with van der Waals surface area (Å²) in [5.74, 6) is -0.219. The van der Waals surface area contributed by atoms with Crippen molar-refractivity contribution in [1.82, 2.24) is 9.88 Å². The Labute approximate surface area is 116 Å². The Kier molecular flexibility index (Phi) is 4.17. The predicted molar refractivity (Wildman–Crippen MR) is 76.0 cm³/mol. The van der Waals surface area contributed by atoms with Gasteiger partial charge < -0.3 is 9.88 Å². The molecular formula is C15H17FN2O2. The number of pyridine rings is 1. The van der Waals surface area contributed by atoms with Crippen LogP contribution >= 0.6 is 0 Å². The molecule has 1 N–H and O–H groups in total. The van der Waals surface area contributed by atoms with E-state index in [0.29, 0.717) is 18.0 Å². The van der Waals surface area contributed by atoms with Crippen LogP contribution in [0.3, 0.4) is 0 Å². The van der Waals surface area contributed by atoms with Crippen molar-refractivity contribution >= 4 is 16.8 Å². The monoisotopic (exact) mass is 276 g/mol. The minimum Gasteiger partial charge on any atom is -0.354 e. The Bertz CT molecular complexity index is 692. The van der Waals surface area contributed by atoms with Gasteiger partial charge in [0, 0.05) is 24.2 Å². The van der Waals surface area contributed by atoms with Crippen LogP contribution in [0.25, 0.3) is 10.9 Å². The summed E-state index contributed by atoms with van der Waals surface area (Å²) in [6.07, 6.45) is 1.55. The van der Waals surface area contributed by atoms with Crippen LogP contribution in [0.1, 0.15) is 13.8 Å². The molecule has 0 spiro atoms. The lowest BCUT2D eigenvalue weighted by molar-refractivity contribution is -0.121. The van der Waals surface area contributed by atoms with Gasteiger partial charge in [-0.25, -0.2) is 4.39 Å². The zero-order valence-corrected chi connectivity index (χ0v) is 11.5. The van der Waals surface area contributed by atoms with Crippen LogP contribution in [0.4, 0.5) is 4.39 Å². The third-order valence-corrected chi connectivity index (χ3v) is 2.96. The Morgan fingerprint density at radius 2 is 2.10 bits per heavy atom. The smallest absolute Gasteiger partial charge is 0.239 e. The first-order valence-corrected chi connectivity index (χ1v) is 6.53. The lowest BCUT2D eigenvalue weighted by Gasteiger charge is -2.12. The molecule has 1 amide bonds. The summed E-state index contributed by atoms with van der Waals surface area (Å²) < 4.78 is 14.8. The number of carbonyl (C=O) groups excluding carboxylic acids is 1. The molecule has 0 saturated carbocycles. The second-order valence-corrected chi connectivity index (χ2v) is 5.17. The third kappa shape index (κ3) is 3.23. The van der Waals surface area contributed by atoms with E-state index in [2.05, 4.69) is 5.32 Å². The van der Waals surface area contributed by atoms with Crippen molar-refractivity contribution in [1.29, 1.82) is 0 Å². The van der Waals surface area contributed by atoms with Crippen molar-refractivity contribution in [2.75, 3.05) is 6.54 Å². The Morgan fingerprint density at radius 1 is 1.35 bits per heavy atom. The number of nitrogens with zero attached hydrogens (tertiary/aromatic N) is 1. The van der Waals surface area contributed by atoms with Crippen LogP contribution in [0, 0.1) is 11.7 Å². The van der Waals surface area contributed by atoms with E-state index < -0.39 is 5.82 Å². The number of hydrogen-bond donors (Lipinski definition) is 1. The van der Waals surface area contributed by atoms with Gasteiger partial charge in [-0.05, 0) is 24.1 Å². The minimum atomic E-state index is -0.461. The van der Waals surface area contributed by atoms with Gasteiger partial charge in [0.2, 0.25) is 5.91 Å². The van der Waals surface area contributed by atoms with E-state index in [9.17, 15) is 14.0 Å². The second-order valence-electron chi connectivity index (χ2n) is 5.17. The van der Waals surface area contributed by atoms with E-state index in [4.69, 9.17) is 0 Å². The highest BCUT2D eigenvalue weighted by molar-refractivity contribution is 5.82. The van der Waals surface area contributed by atoms with Crippen molar-refractivity contribution in [3.8, 4) is 0 Å². The van der Waals surface area contributed by atoms with E-state index in [1.54, 1.807) is 10.8 Å². The van der Waals surface area contributed by atoms with Crippen LogP contribution in [0.15, 0.2) is 35.3 Å². The van der Waals surface area contributed by atoms with Gasteiger partial charge in [0.25, 0.3) is 0 Å². The SMILES string of the molecule is CC(C)CNC(=O)Cn1ccc(=O)c2cc(F)ccc21. The molecule has 0 unspecified atom stereocenters. The molecule has 1 aromatic heterocycles. The standard InChI is InChI=1S/C15H17FN2O2/c1-10(2)8-17-15(20)9-18-6-5-14(19)12-7-11(16)3-4-13(12)18/h3-7,10H,8-9H2,1-2H3,(H,17,20). The molecule has 5 heteroatoms. The van der Waals surface area contributed by atoms with E-state index in [1.807, 2.05) is 13.8 Å². The average molecular weight is 276 g/mol. The molecule has 106 valence electrons. The number of nitrogens with one attached hydrogen (secondary N) is 1. The molecular weight excluding hydrogens is 259 g/mol. The zero-order valence-electron chi connectivity index (χ0n) is 11.5. The van der Waals surface area contributed by atoms with Gasteiger partial charge in [0.1, 0.15) is 12.4 Å². The van der Waals surface area contributed by atoms with Crippen LogP contribution in [0.5, 0.6) is 0 Å². The highest BCUT2D eigenvalue weighted by Crippen LogP contribution is 2.11. The molecule has 0 fully saturated rings. The minimum absolute atomic E-state index is 0.106. The molecule has 0 bridgehead atoms. The van der Waals surface area contributed by atoms with Crippen molar-refractivity contribution in [2.24, 2.45) is 5.92 Å². The van der Waals surface area contributed by atoms with Crippen molar-refractivity contribution in [3.63, 3.8) is 0 Å². The van der Waals surface area contributed by atoms with E-state index in [-0.39, 0.29) is 23.3 Å². The summed E-state index contributed by atoms with van der Waals surface area (Å²) in [6.45, 7) is 4.73. The Balaban J connectivity index is 2.29. The van der Waals surface area contributed by atoms with Gasteiger partial charge >= 0.3 is 0 Å². The van der Waals surface area contributed by atoms with E-state index >= 15 is 0 Å². The summed E-state index contributed by atoms with van der Waals surface area (Å²) in [6, 6.07) is 5.34. The average Bonchev–Trinajstić information content (AvgIpc) is 2.40. The van der Waals surface area contributed by atoms with E-state index in [0.717, 1.165) is 0 Å². The first kappa shape index (κ1) is 14.2. The Morgan fingerprint density at radius 3 is 2.80 bits per heavy atom. The fourth-order valence-electron chi connectivity index (χ4n) is 1.95. The van der Waals surface area contributed by atoms with Gasteiger partial charge in [-0.3, -0.25) is 9.59 Å². The molecule has 20 heavy (non-hydrogen) atoms. The number of fused-ring (bicyclic) bond motifs is 1. The molecule has 2 rings (SSSR count). The molecule has 2 aromatic rings. The maximum Gasteiger partial charge on any atom is 0.239 e. The van der Waals surface area contributed by atoms with Gasteiger partial charge in [0.15, 0.2) is 5.43 Å². The van der Waals surface area contributed by atoms with E-state index in [1.165, 1.54) is 24.3 Å². The number of hydrogen-bond acceptors (Lipinski definition) is 2. The molecule has 0 aliphatic heterocycles. The lowest BCUT2D eigenvalue weighted by atomic mass is 10.2. The van der Waals surface area contributed by atoms with Crippen LogP contribution in [0.2, 0.25) is 0 Å². The number of carbonyl (C=O) groups is 1. The molecule has 0 atom stereocenters. The highest BCUT2D eigenvalue weighted by atomic mass is 19.1. The number of halogens is 1. The summed E-state index contributed by atoms with van der Waals surface area (Å²) in [5.41, 5.74) is 0.303. The predicted octanol–water partition coefficient (Wildman–Crippen LogP) is 1.91. The second kappa shape index (κ2) is 5.86. The van der Waals surface area contributed by atoms with Crippen LogP contribution < -0.4 is 10.7 Å². The van der Waals surface area contributed by atoms with Crippen molar-refractivity contribution in [2.45, 2.75) is 20.4 Å². The molecule has 0 aliphatic rings. The number of amides is 1. The molecule has 1 heterocycles. The Hall–Kier alpha value is -2.17. The van der Waals surface area contributed by atoms with Gasteiger partial charge in [-0.2, -0.15) is 0 Å². The fourth-order valence-corrected chi connectivity index (χ4v) is 1.95. The highest BCUT2D eigenvalue weighted by Gasteiger charge is 2.08. The summed E-state index contributed by atoms with van der Waals surface area (Å²) in [5, 5.41) is 3.09. The molecule has 0 aliphatic carbocycles. The normalized spacial score (nSPS) is 11.0. The molecule has 0 radical (unpaired) electrons. The van der Waals surface area contributed by atoms with Gasteiger partial charge in [-0.15, -0.1) is 0 Å². The number of benzene rings is 1. The number of aromatic nitrogens is 1. The summed E-state index contributed by atoms with van der Waals surface area (Å²) in [7, 11) is 0. The topological polar surface area (TPSA) is 51.1 Å². The zero-order chi connectivity index (χ0) is 14.7. The lowest BCUT2D eigenvalue weighted by Crippen LogP contribution is -2.31. The maximum atomic E-state index is 13.2. The molecule has 4 nitrogen and oxygen atoms in total. The summed E-state index contributed by atoms with van der Waals surface area (Å²) >= 11 is 0. The first-order chi connectivity index (χ1) is 9.47. The van der Waals surface area contributed by atoms with Gasteiger partial charge in [0.05, 0.1) is 5.52 Å². The van der Waals surface area contributed by atoms with Crippen LogP contribution in [-0.2, 0) is 11.3 Å².